The Balaban J connectivity index is 1.24. The van der Waals surface area contributed by atoms with Gasteiger partial charge in [-0.2, -0.15) is 10.2 Å². The van der Waals surface area contributed by atoms with Crippen LogP contribution in [0.15, 0.2) is 70.3 Å². The third-order valence-electron chi connectivity index (χ3n) is 6.00. The van der Waals surface area contributed by atoms with Crippen LogP contribution in [0, 0.1) is 0 Å². The van der Waals surface area contributed by atoms with Crippen molar-refractivity contribution in [3.63, 3.8) is 0 Å². The molecule has 12 heteroatoms. The highest BCUT2D eigenvalue weighted by molar-refractivity contribution is 9.10. The zero-order valence-corrected chi connectivity index (χ0v) is 22.2. The Labute approximate surface area is 225 Å². The van der Waals surface area contributed by atoms with Crippen molar-refractivity contribution < 1.29 is 14.3 Å². The van der Waals surface area contributed by atoms with E-state index in [2.05, 4.69) is 41.5 Å². The van der Waals surface area contributed by atoms with Crippen molar-refractivity contribution in [1.82, 2.24) is 34.8 Å². The molecular formula is C26H24BrN7O4. The molecule has 38 heavy (non-hydrogen) atoms. The quantitative estimate of drug-likeness (QED) is 0.275. The maximum atomic E-state index is 12.9. The van der Waals surface area contributed by atoms with E-state index in [0.717, 1.165) is 10.0 Å². The number of hydrogen-bond acceptors (Lipinski definition) is 7. The van der Waals surface area contributed by atoms with Crippen LogP contribution in [0.25, 0.3) is 22.3 Å². The molecule has 0 unspecified atom stereocenters. The molecule has 0 aliphatic carbocycles. The first kappa shape index (κ1) is 25.2. The molecule has 0 saturated carbocycles. The van der Waals surface area contributed by atoms with Crippen LogP contribution in [0.1, 0.15) is 16.1 Å². The zero-order chi connectivity index (χ0) is 26.6. The lowest BCUT2D eigenvalue weighted by atomic mass is 10.1. The third kappa shape index (κ3) is 5.16. The SMILES string of the molecule is COc1ccc(OC)c(-c2cc(C(=O)NCCn3ncc4c(=O)n(Cc5ccc(Br)cc5)cnc43)[nH]n2)c1. The molecule has 0 saturated heterocycles. The molecule has 11 nitrogen and oxygen atoms in total. The fourth-order valence-electron chi connectivity index (χ4n) is 4.02. The highest BCUT2D eigenvalue weighted by atomic mass is 79.9. The lowest BCUT2D eigenvalue weighted by molar-refractivity contribution is 0.0947. The van der Waals surface area contributed by atoms with E-state index in [1.807, 2.05) is 24.3 Å². The smallest absolute Gasteiger partial charge is 0.269 e. The number of ether oxygens (including phenoxy) is 2. The van der Waals surface area contributed by atoms with Crippen LogP contribution < -0.4 is 20.3 Å². The summed E-state index contributed by atoms with van der Waals surface area (Å²) in [5.41, 5.74) is 2.81. The van der Waals surface area contributed by atoms with E-state index >= 15 is 0 Å². The second-order valence-corrected chi connectivity index (χ2v) is 9.31. The van der Waals surface area contributed by atoms with Crippen LogP contribution in [-0.4, -0.2) is 56.2 Å². The lowest BCUT2D eigenvalue weighted by Crippen LogP contribution is -2.28. The summed E-state index contributed by atoms with van der Waals surface area (Å²) in [6.07, 6.45) is 3.02. The van der Waals surface area contributed by atoms with Crippen molar-refractivity contribution in [1.29, 1.82) is 0 Å². The summed E-state index contributed by atoms with van der Waals surface area (Å²) < 4.78 is 14.8. The van der Waals surface area contributed by atoms with Gasteiger partial charge in [-0.25, -0.2) is 9.67 Å². The second kappa shape index (κ2) is 10.9. The van der Waals surface area contributed by atoms with Crippen LogP contribution in [0.3, 0.4) is 0 Å². The van der Waals surface area contributed by atoms with Gasteiger partial charge >= 0.3 is 0 Å². The van der Waals surface area contributed by atoms with Crippen LogP contribution in [0.2, 0.25) is 0 Å². The first-order valence-corrected chi connectivity index (χ1v) is 12.5. The van der Waals surface area contributed by atoms with Crippen molar-refractivity contribution in [3.8, 4) is 22.8 Å². The van der Waals surface area contributed by atoms with Crippen LogP contribution >= 0.6 is 15.9 Å². The number of nitrogens with one attached hydrogen (secondary N) is 2. The van der Waals surface area contributed by atoms with Crippen molar-refractivity contribution in [2.75, 3.05) is 20.8 Å². The Morgan fingerprint density at radius 1 is 1.11 bits per heavy atom. The number of benzene rings is 2. The topological polar surface area (TPSA) is 129 Å². The fraction of sp³-hybridized carbons (Fsp3) is 0.192. The van der Waals surface area contributed by atoms with E-state index in [4.69, 9.17) is 9.47 Å². The number of methoxy groups -OCH3 is 2. The molecule has 5 rings (SSSR count). The van der Waals surface area contributed by atoms with Gasteiger partial charge < -0.3 is 14.8 Å². The van der Waals surface area contributed by atoms with Gasteiger partial charge in [0, 0.05) is 16.6 Å². The molecule has 0 aliphatic heterocycles. The number of rotatable bonds is 9. The number of hydrogen-bond donors (Lipinski definition) is 2. The maximum absolute atomic E-state index is 12.9. The Bertz CT molecular complexity index is 1660. The summed E-state index contributed by atoms with van der Waals surface area (Å²) >= 11 is 3.41. The summed E-state index contributed by atoms with van der Waals surface area (Å²) in [4.78, 5) is 30.1. The molecule has 3 aromatic heterocycles. The van der Waals surface area contributed by atoms with E-state index in [0.29, 0.717) is 52.6 Å². The normalized spacial score (nSPS) is 11.0. The van der Waals surface area contributed by atoms with Gasteiger partial charge in [0.15, 0.2) is 5.65 Å². The monoisotopic (exact) mass is 577 g/mol. The van der Waals surface area contributed by atoms with Gasteiger partial charge in [-0.05, 0) is 42.0 Å². The Morgan fingerprint density at radius 3 is 2.68 bits per heavy atom. The molecule has 0 radical (unpaired) electrons. The van der Waals surface area contributed by atoms with E-state index in [-0.39, 0.29) is 18.0 Å². The number of fused-ring (bicyclic) bond motifs is 1. The minimum Gasteiger partial charge on any atom is -0.497 e. The molecule has 194 valence electrons. The van der Waals surface area contributed by atoms with Crippen molar-refractivity contribution >= 4 is 32.9 Å². The highest BCUT2D eigenvalue weighted by Gasteiger charge is 2.16. The molecule has 0 bridgehead atoms. The molecule has 2 N–H and O–H groups in total. The van der Waals surface area contributed by atoms with Crippen LogP contribution in [-0.2, 0) is 13.1 Å². The first-order valence-electron chi connectivity index (χ1n) is 11.7. The van der Waals surface area contributed by atoms with Crippen LogP contribution in [0.5, 0.6) is 11.5 Å². The van der Waals surface area contributed by atoms with E-state index < -0.39 is 0 Å². The summed E-state index contributed by atoms with van der Waals surface area (Å²) in [5.74, 6) is 0.931. The highest BCUT2D eigenvalue weighted by Crippen LogP contribution is 2.32. The summed E-state index contributed by atoms with van der Waals surface area (Å²) in [6, 6.07) is 14.8. The average molecular weight is 578 g/mol. The number of carbonyl (C=O) groups is 1. The second-order valence-electron chi connectivity index (χ2n) is 8.40. The number of carbonyl (C=O) groups excluding carboxylic acids is 1. The molecule has 5 aromatic rings. The predicted octanol–water partition coefficient (Wildman–Crippen LogP) is 3.24. The number of H-pyrrole nitrogens is 1. The first-order chi connectivity index (χ1) is 18.5. The molecule has 0 fully saturated rings. The van der Waals surface area contributed by atoms with E-state index in [1.54, 1.807) is 47.7 Å². The van der Waals surface area contributed by atoms with Gasteiger partial charge in [0.05, 0.1) is 39.2 Å². The number of halogens is 1. The lowest BCUT2D eigenvalue weighted by Gasteiger charge is -2.08. The maximum Gasteiger partial charge on any atom is 0.269 e. The Morgan fingerprint density at radius 2 is 1.92 bits per heavy atom. The summed E-state index contributed by atoms with van der Waals surface area (Å²) in [6.45, 7) is 1.02. The summed E-state index contributed by atoms with van der Waals surface area (Å²) in [5, 5.41) is 14.6. The largest absolute Gasteiger partial charge is 0.497 e. The third-order valence-corrected chi connectivity index (χ3v) is 6.53. The number of nitrogens with zero attached hydrogens (tertiary/aromatic N) is 5. The van der Waals surface area contributed by atoms with Gasteiger partial charge in [-0.3, -0.25) is 19.3 Å². The van der Waals surface area contributed by atoms with Crippen molar-refractivity contribution in [2.24, 2.45) is 0 Å². The van der Waals surface area contributed by atoms with E-state index in [1.165, 1.54) is 12.5 Å². The van der Waals surface area contributed by atoms with Gasteiger partial charge in [-0.1, -0.05) is 28.1 Å². The molecule has 0 atom stereocenters. The number of aromatic amines is 1. The number of aromatic nitrogens is 6. The average Bonchev–Trinajstić information content (AvgIpc) is 3.59. The van der Waals surface area contributed by atoms with Crippen molar-refractivity contribution in [3.05, 3.63) is 87.1 Å². The van der Waals surface area contributed by atoms with Gasteiger partial charge in [0.2, 0.25) is 0 Å². The molecule has 0 spiro atoms. The molecule has 3 heterocycles. The predicted molar refractivity (Wildman–Crippen MR) is 144 cm³/mol. The van der Waals surface area contributed by atoms with Crippen molar-refractivity contribution in [2.45, 2.75) is 13.1 Å². The van der Waals surface area contributed by atoms with E-state index in [9.17, 15) is 9.59 Å². The molecular weight excluding hydrogens is 554 g/mol. The van der Waals surface area contributed by atoms with Crippen LogP contribution in [0.4, 0.5) is 0 Å². The van der Waals surface area contributed by atoms with Gasteiger partial charge in [0.25, 0.3) is 11.5 Å². The fourth-order valence-corrected chi connectivity index (χ4v) is 4.29. The summed E-state index contributed by atoms with van der Waals surface area (Å²) in [7, 11) is 3.14. The van der Waals surface area contributed by atoms with Gasteiger partial charge in [0.1, 0.15) is 28.9 Å². The van der Waals surface area contributed by atoms with Gasteiger partial charge in [-0.15, -0.1) is 0 Å². The molecule has 1 amide bonds. The number of amides is 1. The zero-order valence-electron chi connectivity index (χ0n) is 20.6. The Kier molecular flexibility index (Phi) is 7.22. The molecule has 0 aliphatic rings. The minimum absolute atomic E-state index is 0.175. The minimum atomic E-state index is -0.327. The standard InChI is InChI=1S/C26H24BrN7O4/c1-37-18-7-8-23(38-2)19(11-18)21-12-22(32-31-21)25(35)28-9-10-34-24-20(13-30-34)26(36)33(15-29-24)14-16-3-5-17(27)6-4-16/h3-8,11-13,15H,9-10,14H2,1-2H3,(H,28,35)(H,31,32). The Hall–Kier alpha value is -4.45. The molecule has 2 aromatic carbocycles.